The number of hydrogen-bond acceptors (Lipinski definition) is 0. The molecule has 0 aliphatic heterocycles. The van der Waals surface area contributed by atoms with Crippen LogP contribution in [0.4, 0.5) is 0 Å². The lowest BCUT2D eigenvalue weighted by atomic mass is 10.1. The maximum atomic E-state index is 3.79. The van der Waals surface area contributed by atoms with Crippen molar-refractivity contribution in [1.29, 1.82) is 0 Å². The summed E-state index contributed by atoms with van der Waals surface area (Å²) in [6.07, 6.45) is 0. The summed E-state index contributed by atoms with van der Waals surface area (Å²) >= 11 is 0. The van der Waals surface area contributed by atoms with Crippen LogP contribution < -0.4 is 10.4 Å². The molecular weight excluding hydrogens is 537 g/mol. The molecule has 0 aliphatic rings. The van der Waals surface area contributed by atoms with Crippen molar-refractivity contribution in [2.45, 2.75) is 116 Å². The molecular formula is C40H54Si2. The van der Waals surface area contributed by atoms with Crippen LogP contribution in [0.25, 0.3) is 0 Å². The van der Waals surface area contributed by atoms with Gasteiger partial charge in [-0.1, -0.05) is 143 Å². The van der Waals surface area contributed by atoms with Crippen LogP contribution in [0.15, 0.2) is 72.8 Å². The van der Waals surface area contributed by atoms with E-state index < -0.39 is 16.1 Å². The zero-order valence-electron chi connectivity index (χ0n) is 28.4. The monoisotopic (exact) mass is 590 g/mol. The molecule has 0 saturated heterocycles. The first-order chi connectivity index (χ1) is 19.8. The highest BCUT2D eigenvalue weighted by molar-refractivity contribution is 6.97. The van der Waals surface area contributed by atoms with E-state index in [4.69, 9.17) is 0 Å². The van der Waals surface area contributed by atoms with Crippen LogP contribution in [0.2, 0.25) is 33.2 Å². The van der Waals surface area contributed by atoms with Gasteiger partial charge in [0, 0.05) is 22.3 Å². The molecule has 3 aromatic rings. The van der Waals surface area contributed by atoms with E-state index in [1.165, 1.54) is 21.5 Å². The lowest BCUT2D eigenvalue weighted by Crippen LogP contribution is -2.60. The smallest absolute Gasteiger partial charge is 0.0648 e. The van der Waals surface area contributed by atoms with Crippen LogP contribution >= 0.6 is 0 Å². The third kappa shape index (κ3) is 6.42. The molecule has 0 aliphatic carbocycles. The van der Waals surface area contributed by atoms with Crippen molar-refractivity contribution in [3.63, 3.8) is 0 Å². The summed E-state index contributed by atoms with van der Waals surface area (Å²) in [6.45, 7) is 29.5. The summed E-state index contributed by atoms with van der Waals surface area (Å²) in [5, 5.41) is 3.01. The summed E-state index contributed by atoms with van der Waals surface area (Å²) < 4.78 is 0. The molecule has 222 valence electrons. The Kier molecular flexibility index (Phi) is 11.3. The largest absolute Gasteiger partial charge is 0.0959 e. The Balaban J connectivity index is 2.58. The number of benzene rings is 3. The van der Waals surface area contributed by atoms with Crippen LogP contribution in [0.5, 0.6) is 0 Å². The maximum Gasteiger partial charge on any atom is 0.0959 e. The minimum absolute atomic E-state index is 0.581. The molecule has 0 spiro atoms. The van der Waals surface area contributed by atoms with E-state index in [0.29, 0.717) is 33.2 Å². The third-order valence-corrected chi connectivity index (χ3v) is 24.2. The van der Waals surface area contributed by atoms with Gasteiger partial charge in [0.1, 0.15) is 0 Å². The number of hydrogen-bond donors (Lipinski definition) is 0. The first kappa shape index (κ1) is 33.7. The van der Waals surface area contributed by atoms with Gasteiger partial charge in [0.2, 0.25) is 0 Å². The molecule has 0 atom stereocenters. The molecule has 0 N–H and O–H groups in total. The molecule has 0 bridgehead atoms. The van der Waals surface area contributed by atoms with Gasteiger partial charge in [-0.25, -0.2) is 0 Å². The highest BCUT2D eigenvalue weighted by Crippen LogP contribution is 2.44. The molecule has 0 saturated carbocycles. The first-order valence-corrected chi connectivity index (χ1v) is 20.6. The SMILES string of the molecule is CC(C)[Si](c1cc(C#Cc2ccccc2)c([Si](C(C)C)(C(C)C)C(C)C)cc1C#Cc1ccccc1)(C(C)C)C(C)C. The van der Waals surface area contributed by atoms with Crippen LogP contribution in [0, 0.1) is 23.7 Å². The second-order valence-corrected chi connectivity index (χ2v) is 25.7. The van der Waals surface area contributed by atoms with Gasteiger partial charge in [0.15, 0.2) is 0 Å². The topological polar surface area (TPSA) is 0 Å². The third-order valence-electron chi connectivity index (χ3n) is 10.1. The molecule has 0 heterocycles. The van der Waals surface area contributed by atoms with Crippen molar-refractivity contribution in [2.75, 3.05) is 0 Å². The van der Waals surface area contributed by atoms with Gasteiger partial charge < -0.3 is 0 Å². The van der Waals surface area contributed by atoms with Gasteiger partial charge in [-0.05, 0) is 80.0 Å². The molecule has 0 unspecified atom stereocenters. The summed E-state index contributed by atoms with van der Waals surface area (Å²) in [5.74, 6) is 14.7. The molecule has 0 nitrogen and oxygen atoms in total. The molecule has 3 rings (SSSR count). The summed E-state index contributed by atoms with van der Waals surface area (Å²) in [5.41, 5.74) is 8.14. The normalized spacial score (nSPS) is 12.2. The lowest BCUT2D eigenvalue weighted by molar-refractivity contribution is 0.832. The Morgan fingerprint density at radius 3 is 0.881 bits per heavy atom. The highest BCUT2D eigenvalue weighted by atomic mass is 28.3. The van der Waals surface area contributed by atoms with Gasteiger partial charge in [-0.2, -0.15) is 0 Å². The molecule has 0 radical (unpaired) electrons. The van der Waals surface area contributed by atoms with Crippen LogP contribution in [0.3, 0.4) is 0 Å². The second-order valence-electron chi connectivity index (χ2n) is 14.0. The molecule has 42 heavy (non-hydrogen) atoms. The van der Waals surface area contributed by atoms with Gasteiger partial charge in [0.25, 0.3) is 0 Å². The average molecular weight is 591 g/mol. The zero-order valence-corrected chi connectivity index (χ0v) is 30.4. The molecule has 0 fully saturated rings. The van der Waals surface area contributed by atoms with E-state index in [0.717, 1.165) is 11.1 Å². The van der Waals surface area contributed by atoms with Crippen molar-refractivity contribution in [3.8, 4) is 23.7 Å². The Hall–Kier alpha value is -2.79. The highest BCUT2D eigenvalue weighted by Gasteiger charge is 2.49. The van der Waals surface area contributed by atoms with E-state index in [9.17, 15) is 0 Å². The summed E-state index contributed by atoms with van der Waals surface area (Å²) in [7, 11) is -4.09. The lowest BCUT2D eigenvalue weighted by Gasteiger charge is -2.47. The first-order valence-electron chi connectivity index (χ1n) is 16.1. The van der Waals surface area contributed by atoms with E-state index in [2.05, 4.69) is 180 Å². The molecule has 3 aromatic carbocycles. The second kappa shape index (κ2) is 14.1. The van der Waals surface area contributed by atoms with Gasteiger partial charge in [-0.3, -0.25) is 0 Å². The zero-order chi connectivity index (χ0) is 31.2. The summed E-state index contributed by atoms with van der Waals surface area (Å²) in [4.78, 5) is 0. The van der Waals surface area contributed by atoms with Crippen LogP contribution in [-0.4, -0.2) is 16.1 Å². The average Bonchev–Trinajstić information content (AvgIpc) is 2.92. The van der Waals surface area contributed by atoms with Gasteiger partial charge in [0.05, 0.1) is 16.1 Å². The van der Waals surface area contributed by atoms with Crippen molar-refractivity contribution < 1.29 is 0 Å². The van der Waals surface area contributed by atoms with Crippen LogP contribution in [-0.2, 0) is 0 Å². The fourth-order valence-corrected chi connectivity index (χ4v) is 22.4. The Morgan fingerprint density at radius 2 is 0.643 bits per heavy atom. The minimum atomic E-state index is -2.04. The molecule has 0 amide bonds. The fraction of sp³-hybridized carbons (Fsp3) is 0.450. The van der Waals surface area contributed by atoms with Crippen molar-refractivity contribution in [3.05, 3.63) is 95.1 Å². The van der Waals surface area contributed by atoms with E-state index in [-0.39, 0.29) is 0 Å². The predicted octanol–water partition coefficient (Wildman–Crippen LogP) is 10.3. The van der Waals surface area contributed by atoms with Crippen molar-refractivity contribution in [1.82, 2.24) is 0 Å². The minimum Gasteiger partial charge on any atom is -0.0648 e. The van der Waals surface area contributed by atoms with E-state index in [1.54, 1.807) is 0 Å². The van der Waals surface area contributed by atoms with E-state index >= 15 is 0 Å². The standard InChI is InChI=1S/C40H54Si2/c1-29(2)41(30(3)4,31(5)6)39-27-38(26-24-36-21-17-14-18-22-36)40(42(32(7)8,33(9)10)34(11)12)28-37(39)25-23-35-19-15-13-16-20-35/h13-22,27-34H,1-12H3. The van der Waals surface area contributed by atoms with Crippen molar-refractivity contribution >= 4 is 26.5 Å². The fourth-order valence-electron chi connectivity index (χ4n) is 8.71. The summed E-state index contributed by atoms with van der Waals surface area (Å²) in [6, 6.07) is 26.1. The van der Waals surface area contributed by atoms with E-state index in [1.807, 2.05) is 0 Å². The van der Waals surface area contributed by atoms with Crippen molar-refractivity contribution in [2.24, 2.45) is 0 Å². The number of rotatable bonds is 8. The predicted molar refractivity (Wildman–Crippen MR) is 193 cm³/mol. The van der Waals surface area contributed by atoms with Crippen LogP contribution in [0.1, 0.15) is 105 Å². The Morgan fingerprint density at radius 1 is 0.381 bits per heavy atom. The maximum absolute atomic E-state index is 3.79. The molecule has 0 aromatic heterocycles. The Bertz CT molecular complexity index is 1280. The quantitative estimate of drug-likeness (QED) is 0.181. The Labute approximate surface area is 260 Å². The molecule has 2 heteroatoms. The van der Waals surface area contributed by atoms with Gasteiger partial charge in [-0.15, -0.1) is 0 Å². The van der Waals surface area contributed by atoms with Gasteiger partial charge >= 0.3 is 0 Å².